The van der Waals surface area contributed by atoms with Crippen LogP contribution in [0.4, 0.5) is 0 Å². The molecule has 3 N–H and O–H groups in total. The molecular formula is C14H23N3O2. The highest BCUT2D eigenvalue weighted by atomic mass is 16.2. The zero-order valence-electron chi connectivity index (χ0n) is 11.8. The molecule has 0 bridgehead atoms. The number of amidine groups is 1. The smallest absolute Gasteiger partial charge is 0.263 e. The second-order valence-corrected chi connectivity index (χ2v) is 5.73. The lowest BCUT2D eigenvalue weighted by Crippen LogP contribution is -2.62. The number of rotatable bonds is 3. The molecular weight excluding hydrogens is 242 g/mol. The zero-order valence-corrected chi connectivity index (χ0v) is 11.8. The molecule has 1 aliphatic heterocycles. The lowest BCUT2D eigenvalue weighted by Gasteiger charge is -2.39. The molecule has 2 amide bonds. The quantitative estimate of drug-likeness (QED) is 0.758. The Balaban J connectivity index is 2.32. The van der Waals surface area contributed by atoms with Crippen LogP contribution < -0.4 is 11.1 Å². The molecule has 5 nitrogen and oxygen atoms in total. The van der Waals surface area contributed by atoms with Gasteiger partial charge in [-0.3, -0.25) is 9.59 Å². The first kappa shape index (κ1) is 14.2. The molecule has 0 saturated heterocycles. The highest BCUT2D eigenvalue weighted by Gasteiger charge is 2.50. The third kappa shape index (κ3) is 2.20. The van der Waals surface area contributed by atoms with E-state index < -0.39 is 11.0 Å². The number of nitrogens with one attached hydrogen (secondary N) is 1. The summed E-state index contributed by atoms with van der Waals surface area (Å²) in [6, 6.07) is 0. The third-order valence-electron chi connectivity index (χ3n) is 4.73. The Morgan fingerprint density at radius 2 is 1.79 bits per heavy atom. The van der Waals surface area contributed by atoms with E-state index in [9.17, 15) is 9.59 Å². The summed E-state index contributed by atoms with van der Waals surface area (Å²) in [4.78, 5) is 28.9. The Morgan fingerprint density at radius 1 is 1.21 bits per heavy atom. The molecule has 0 aromatic carbocycles. The van der Waals surface area contributed by atoms with E-state index in [1.54, 1.807) is 0 Å². The van der Waals surface area contributed by atoms with Gasteiger partial charge in [0.15, 0.2) is 0 Å². The number of nitrogens with zero attached hydrogens (tertiary/aromatic N) is 1. The average molecular weight is 265 g/mol. The van der Waals surface area contributed by atoms with Crippen LogP contribution in [0.15, 0.2) is 4.99 Å². The van der Waals surface area contributed by atoms with Crippen molar-refractivity contribution in [3.05, 3.63) is 0 Å². The van der Waals surface area contributed by atoms with E-state index in [1.165, 1.54) is 0 Å². The van der Waals surface area contributed by atoms with Gasteiger partial charge >= 0.3 is 0 Å². The maximum absolute atomic E-state index is 12.4. The van der Waals surface area contributed by atoms with Crippen molar-refractivity contribution < 1.29 is 9.59 Å². The Labute approximate surface area is 114 Å². The molecule has 1 fully saturated rings. The maximum Gasteiger partial charge on any atom is 0.263 e. The van der Waals surface area contributed by atoms with E-state index in [1.807, 2.05) is 13.8 Å². The first-order valence-electron chi connectivity index (χ1n) is 7.22. The van der Waals surface area contributed by atoms with Crippen molar-refractivity contribution in [3.8, 4) is 0 Å². The van der Waals surface area contributed by atoms with Gasteiger partial charge in [-0.25, -0.2) is 0 Å². The van der Waals surface area contributed by atoms with Crippen LogP contribution in [0.5, 0.6) is 0 Å². The fraction of sp³-hybridized carbons (Fsp3) is 0.786. The minimum atomic E-state index is -0.913. The summed E-state index contributed by atoms with van der Waals surface area (Å²) in [7, 11) is 0. The highest BCUT2D eigenvalue weighted by molar-refractivity contribution is 6.20. The van der Waals surface area contributed by atoms with E-state index in [4.69, 9.17) is 5.73 Å². The number of hydrogen-bond donors (Lipinski definition) is 2. The van der Waals surface area contributed by atoms with Crippen LogP contribution in [0.1, 0.15) is 58.8 Å². The normalized spacial score (nSPS) is 23.2. The molecule has 1 aliphatic carbocycles. The second-order valence-electron chi connectivity index (χ2n) is 5.73. The highest BCUT2D eigenvalue weighted by Crippen LogP contribution is 2.39. The molecule has 0 unspecified atom stereocenters. The van der Waals surface area contributed by atoms with Gasteiger partial charge in [-0.1, -0.05) is 33.1 Å². The Bertz CT molecular complexity index is 418. The molecule has 106 valence electrons. The lowest BCUT2D eigenvalue weighted by atomic mass is 9.71. The summed E-state index contributed by atoms with van der Waals surface area (Å²) < 4.78 is 0. The van der Waals surface area contributed by atoms with Gasteiger partial charge < -0.3 is 11.1 Å². The summed E-state index contributed by atoms with van der Waals surface area (Å²) >= 11 is 0. The number of aliphatic imine (C=N–C) groups is 1. The summed E-state index contributed by atoms with van der Waals surface area (Å²) in [5.74, 6) is -0.134. The molecule has 0 atom stereocenters. The molecule has 2 aliphatic rings. The number of amides is 2. The molecule has 1 heterocycles. The minimum Gasteiger partial charge on any atom is -0.319 e. The molecule has 2 rings (SSSR count). The van der Waals surface area contributed by atoms with Gasteiger partial charge in [-0.15, -0.1) is 0 Å². The summed E-state index contributed by atoms with van der Waals surface area (Å²) in [5, 5.41) is 2.82. The molecule has 5 heteroatoms. The van der Waals surface area contributed by atoms with Crippen LogP contribution in [0.2, 0.25) is 0 Å². The third-order valence-corrected chi connectivity index (χ3v) is 4.73. The van der Waals surface area contributed by atoms with E-state index in [2.05, 4.69) is 10.3 Å². The maximum atomic E-state index is 12.4. The molecule has 0 radical (unpaired) electrons. The predicted molar refractivity (Wildman–Crippen MR) is 73.6 cm³/mol. The van der Waals surface area contributed by atoms with Crippen LogP contribution in [0.25, 0.3) is 0 Å². The van der Waals surface area contributed by atoms with Crippen LogP contribution in [-0.2, 0) is 9.59 Å². The zero-order chi connectivity index (χ0) is 14.1. The topological polar surface area (TPSA) is 84.5 Å². The average Bonchev–Trinajstić information content (AvgIpc) is 2.44. The van der Waals surface area contributed by atoms with Crippen molar-refractivity contribution in [1.82, 2.24) is 5.32 Å². The summed E-state index contributed by atoms with van der Waals surface area (Å²) in [6.07, 6.45) is 5.43. The van der Waals surface area contributed by atoms with Crippen LogP contribution in [0.3, 0.4) is 0 Å². The standard InChI is InChI=1S/C14H23N3O2/c1-3-14(15,4-2)10-16-11(18)13(12(19)17-10)8-6-5-7-9-13/h3-9,15H2,1-2H3,(H,16,17,18,19). The first-order valence-corrected chi connectivity index (χ1v) is 7.22. The number of nitrogens with two attached hydrogens (primary N) is 1. The molecule has 19 heavy (non-hydrogen) atoms. The fourth-order valence-corrected chi connectivity index (χ4v) is 2.98. The Hall–Kier alpha value is -1.23. The van der Waals surface area contributed by atoms with Gasteiger partial charge in [-0.2, -0.15) is 4.99 Å². The summed E-state index contributed by atoms with van der Waals surface area (Å²) in [6.45, 7) is 3.88. The van der Waals surface area contributed by atoms with Gasteiger partial charge in [0.2, 0.25) is 5.91 Å². The van der Waals surface area contributed by atoms with Crippen LogP contribution in [-0.4, -0.2) is 23.2 Å². The largest absolute Gasteiger partial charge is 0.319 e. The van der Waals surface area contributed by atoms with E-state index >= 15 is 0 Å². The monoisotopic (exact) mass is 265 g/mol. The van der Waals surface area contributed by atoms with Crippen molar-refractivity contribution in [3.63, 3.8) is 0 Å². The van der Waals surface area contributed by atoms with Gasteiger partial charge in [0.1, 0.15) is 11.3 Å². The Morgan fingerprint density at radius 3 is 2.26 bits per heavy atom. The number of carbonyl (C=O) groups excluding carboxylic acids is 2. The first-order chi connectivity index (χ1) is 8.98. The van der Waals surface area contributed by atoms with Crippen molar-refractivity contribution in [2.75, 3.05) is 0 Å². The predicted octanol–water partition coefficient (Wildman–Crippen LogP) is 1.51. The van der Waals surface area contributed by atoms with Crippen molar-refractivity contribution in [1.29, 1.82) is 0 Å². The minimum absolute atomic E-state index is 0.195. The van der Waals surface area contributed by atoms with Gasteiger partial charge in [0.05, 0.1) is 5.54 Å². The van der Waals surface area contributed by atoms with Gasteiger partial charge in [-0.05, 0) is 25.7 Å². The molecule has 0 aromatic heterocycles. The van der Waals surface area contributed by atoms with E-state index in [0.29, 0.717) is 31.5 Å². The van der Waals surface area contributed by atoms with Gasteiger partial charge in [0.25, 0.3) is 5.91 Å². The van der Waals surface area contributed by atoms with Crippen molar-refractivity contribution in [2.24, 2.45) is 16.1 Å². The van der Waals surface area contributed by atoms with Crippen LogP contribution in [0, 0.1) is 5.41 Å². The number of hydrogen-bond acceptors (Lipinski definition) is 3. The van der Waals surface area contributed by atoms with Gasteiger partial charge in [0, 0.05) is 0 Å². The fourth-order valence-electron chi connectivity index (χ4n) is 2.98. The molecule has 0 aromatic rings. The van der Waals surface area contributed by atoms with Crippen molar-refractivity contribution >= 4 is 17.6 Å². The number of carbonyl (C=O) groups is 2. The van der Waals surface area contributed by atoms with E-state index in [0.717, 1.165) is 19.3 Å². The van der Waals surface area contributed by atoms with Crippen molar-refractivity contribution in [2.45, 2.75) is 64.3 Å². The van der Waals surface area contributed by atoms with E-state index in [-0.39, 0.29) is 11.8 Å². The molecule has 1 saturated carbocycles. The lowest BCUT2D eigenvalue weighted by molar-refractivity contribution is -0.144. The second kappa shape index (κ2) is 5.04. The summed E-state index contributed by atoms with van der Waals surface area (Å²) in [5.41, 5.74) is 4.60. The molecule has 1 spiro atoms. The Kier molecular flexibility index (Phi) is 3.76. The van der Waals surface area contributed by atoms with Crippen LogP contribution >= 0.6 is 0 Å². The SMILES string of the molecule is CCC(N)(CC)C1=NC(=O)C2(CCCCC2)C(=O)N1.